The summed E-state index contributed by atoms with van der Waals surface area (Å²) in [4.78, 5) is 24.4. The highest BCUT2D eigenvalue weighted by Gasteiger charge is 2.18. The molecule has 0 aliphatic carbocycles. The number of carbonyl (C=O) groups excluding carboxylic acids is 2. The summed E-state index contributed by atoms with van der Waals surface area (Å²) in [5.74, 6) is -0.338. The summed E-state index contributed by atoms with van der Waals surface area (Å²) in [5, 5.41) is 14.0. The fourth-order valence-corrected chi connectivity index (χ4v) is 2.50. The van der Waals surface area contributed by atoms with E-state index in [4.69, 9.17) is 0 Å². The first-order valence-electron chi connectivity index (χ1n) is 5.71. The molecule has 0 fully saturated rings. The van der Waals surface area contributed by atoms with E-state index in [1.165, 1.54) is 23.1 Å². The number of aromatic nitrogens is 4. The minimum absolute atomic E-state index is 0.0288. The van der Waals surface area contributed by atoms with Crippen LogP contribution < -0.4 is 5.32 Å². The fourth-order valence-electron chi connectivity index (χ4n) is 1.58. The molecule has 0 saturated carbocycles. The van der Waals surface area contributed by atoms with Crippen LogP contribution in [0.3, 0.4) is 0 Å². The number of esters is 1. The van der Waals surface area contributed by atoms with Gasteiger partial charge in [-0.15, -0.1) is 16.4 Å². The number of ether oxygens (including phenoxy) is 1. The Balaban J connectivity index is 2.12. The number of rotatable bonds is 4. The van der Waals surface area contributed by atoms with Crippen molar-refractivity contribution in [1.29, 1.82) is 0 Å². The average Bonchev–Trinajstić information content (AvgIpc) is 2.95. The Labute approximate surface area is 118 Å². The standard InChI is InChI=1S/C11H13N5O3S/c1-6-4-7(11(18)19-3)10(20-6)12-9(17)5-8-13-14-15-16(8)2/h4H,5H2,1-3H3,(H,12,17). The number of anilines is 1. The number of methoxy groups -OCH3 is 1. The van der Waals surface area contributed by atoms with Gasteiger partial charge in [-0.3, -0.25) is 4.79 Å². The number of hydrogen-bond donors (Lipinski definition) is 1. The number of carbonyl (C=O) groups is 2. The molecule has 1 amide bonds. The summed E-state index contributed by atoms with van der Waals surface area (Å²) in [6, 6.07) is 1.68. The molecule has 0 spiro atoms. The van der Waals surface area contributed by atoms with E-state index in [1.807, 2.05) is 6.92 Å². The summed E-state index contributed by atoms with van der Waals surface area (Å²) >= 11 is 1.31. The lowest BCUT2D eigenvalue weighted by atomic mass is 10.3. The summed E-state index contributed by atoms with van der Waals surface area (Å²) in [6.07, 6.45) is 0.0288. The first-order valence-corrected chi connectivity index (χ1v) is 6.52. The Hall–Kier alpha value is -2.29. The Morgan fingerprint density at radius 1 is 1.50 bits per heavy atom. The first kappa shape index (κ1) is 14.1. The van der Waals surface area contributed by atoms with E-state index < -0.39 is 5.97 Å². The van der Waals surface area contributed by atoms with Crippen LogP contribution in [-0.2, 0) is 23.0 Å². The Morgan fingerprint density at radius 2 is 2.25 bits per heavy atom. The number of thiophene rings is 1. The van der Waals surface area contributed by atoms with Gasteiger partial charge in [0, 0.05) is 11.9 Å². The van der Waals surface area contributed by atoms with Gasteiger partial charge in [-0.1, -0.05) is 0 Å². The number of nitrogens with one attached hydrogen (secondary N) is 1. The highest BCUT2D eigenvalue weighted by Crippen LogP contribution is 2.28. The topological polar surface area (TPSA) is 99.0 Å². The zero-order chi connectivity index (χ0) is 14.7. The molecule has 106 valence electrons. The van der Waals surface area contributed by atoms with Gasteiger partial charge >= 0.3 is 5.97 Å². The summed E-state index contributed by atoms with van der Waals surface area (Å²) in [6.45, 7) is 1.85. The van der Waals surface area contributed by atoms with E-state index in [9.17, 15) is 9.59 Å². The van der Waals surface area contributed by atoms with Crippen molar-refractivity contribution < 1.29 is 14.3 Å². The molecule has 0 radical (unpaired) electrons. The van der Waals surface area contributed by atoms with E-state index in [2.05, 4.69) is 25.6 Å². The number of aryl methyl sites for hydroxylation is 2. The van der Waals surface area contributed by atoms with Gasteiger partial charge in [0.25, 0.3) is 0 Å². The second-order valence-electron chi connectivity index (χ2n) is 4.04. The van der Waals surface area contributed by atoms with Gasteiger partial charge in [0.2, 0.25) is 5.91 Å². The Bertz CT molecular complexity index is 648. The van der Waals surface area contributed by atoms with Crippen molar-refractivity contribution in [1.82, 2.24) is 20.2 Å². The zero-order valence-electron chi connectivity index (χ0n) is 11.2. The van der Waals surface area contributed by atoms with Gasteiger partial charge in [0.1, 0.15) is 5.00 Å². The lowest BCUT2D eigenvalue weighted by Gasteiger charge is -2.04. The average molecular weight is 295 g/mol. The Kier molecular flexibility index (Phi) is 4.08. The van der Waals surface area contributed by atoms with Crippen LogP contribution in [-0.4, -0.2) is 39.2 Å². The second-order valence-corrected chi connectivity index (χ2v) is 5.29. The molecule has 2 heterocycles. The van der Waals surface area contributed by atoms with Crippen LogP contribution >= 0.6 is 11.3 Å². The number of tetrazole rings is 1. The minimum Gasteiger partial charge on any atom is -0.465 e. The van der Waals surface area contributed by atoms with Crippen LogP contribution in [0.4, 0.5) is 5.00 Å². The van der Waals surface area contributed by atoms with Crippen LogP contribution in [0.1, 0.15) is 21.1 Å². The third-order valence-electron chi connectivity index (χ3n) is 2.54. The van der Waals surface area contributed by atoms with E-state index in [0.29, 0.717) is 16.4 Å². The molecule has 20 heavy (non-hydrogen) atoms. The van der Waals surface area contributed by atoms with Crippen LogP contribution in [0.15, 0.2) is 6.07 Å². The third kappa shape index (κ3) is 2.99. The molecule has 0 aliphatic heterocycles. The molecule has 0 bridgehead atoms. The molecule has 0 unspecified atom stereocenters. The fraction of sp³-hybridized carbons (Fsp3) is 0.364. The molecule has 2 aromatic heterocycles. The minimum atomic E-state index is -0.482. The van der Waals surface area contributed by atoms with Crippen molar-refractivity contribution in [2.24, 2.45) is 7.05 Å². The lowest BCUT2D eigenvalue weighted by Crippen LogP contribution is -2.18. The molecule has 8 nitrogen and oxygen atoms in total. The van der Waals surface area contributed by atoms with Gasteiger partial charge in [0.15, 0.2) is 5.82 Å². The summed E-state index contributed by atoms with van der Waals surface area (Å²) in [5.41, 5.74) is 0.347. The molecule has 0 aromatic carbocycles. The van der Waals surface area contributed by atoms with Crippen molar-refractivity contribution in [3.8, 4) is 0 Å². The number of amides is 1. The molecule has 0 atom stereocenters. The van der Waals surface area contributed by atoms with E-state index in [0.717, 1.165) is 4.88 Å². The molecular weight excluding hydrogens is 282 g/mol. The lowest BCUT2D eigenvalue weighted by molar-refractivity contribution is -0.115. The van der Waals surface area contributed by atoms with Crippen molar-refractivity contribution in [3.63, 3.8) is 0 Å². The van der Waals surface area contributed by atoms with Crippen LogP contribution in [0, 0.1) is 6.92 Å². The van der Waals surface area contributed by atoms with E-state index in [-0.39, 0.29) is 12.3 Å². The predicted molar refractivity (Wildman–Crippen MR) is 71.5 cm³/mol. The highest BCUT2D eigenvalue weighted by atomic mass is 32.1. The predicted octanol–water partition coefficient (Wildman–Crippen LogP) is 0.548. The van der Waals surface area contributed by atoms with E-state index >= 15 is 0 Å². The molecule has 0 saturated heterocycles. The molecule has 9 heteroatoms. The molecule has 2 rings (SSSR count). The number of hydrogen-bond acceptors (Lipinski definition) is 7. The number of nitrogens with zero attached hydrogens (tertiary/aromatic N) is 4. The van der Waals surface area contributed by atoms with E-state index in [1.54, 1.807) is 13.1 Å². The van der Waals surface area contributed by atoms with Crippen LogP contribution in [0.5, 0.6) is 0 Å². The maximum Gasteiger partial charge on any atom is 0.340 e. The van der Waals surface area contributed by atoms with Gasteiger partial charge in [-0.25, -0.2) is 9.48 Å². The smallest absolute Gasteiger partial charge is 0.340 e. The van der Waals surface area contributed by atoms with Crippen LogP contribution in [0.25, 0.3) is 0 Å². The monoisotopic (exact) mass is 295 g/mol. The zero-order valence-corrected chi connectivity index (χ0v) is 12.0. The highest BCUT2D eigenvalue weighted by molar-refractivity contribution is 7.16. The van der Waals surface area contributed by atoms with Crippen molar-refractivity contribution in [3.05, 3.63) is 22.3 Å². The molecule has 1 N–H and O–H groups in total. The quantitative estimate of drug-likeness (QED) is 0.827. The maximum absolute atomic E-state index is 11.9. The normalized spacial score (nSPS) is 10.3. The third-order valence-corrected chi connectivity index (χ3v) is 3.51. The first-order chi connectivity index (χ1) is 9.51. The van der Waals surface area contributed by atoms with Crippen LogP contribution in [0.2, 0.25) is 0 Å². The van der Waals surface area contributed by atoms with Gasteiger partial charge in [-0.2, -0.15) is 0 Å². The molecule has 0 aliphatic rings. The maximum atomic E-state index is 11.9. The summed E-state index contributed by atoms with van der Waals surface area (Å²) < 4.78 is 6.09. The van der Waals surface area contributed by atoms with Crippen molar-refractivity contribution in [2.75, 3.05) is 12.4 Å². The second kappa shape index (κ2) is 5.78. The molecular formula is C11H13N5O3S. The molecule has 2 aromatic rings. The van der Waals surface area contributed by atoms with Gasteiger partial charge in [-0.05, 0) is 23.4 Å². The SMILES string of the molecule is COC(=O)c1cc(C)sc1NC(=O)Cc1nnnn1C. The Morgan fingerprint density at radius 3 is 2.85 bits per heavy atom. The van der Waals surface area contributed by atoms with Crippen molar-refractivity contribution >= 4 is 28.2 Å². The van der Waals surface area contributed by atoms with Gasteiger partial charge in [0.05, 0.1) is 19.1 Å². The van der Waals surface area contributed by atoms with Crippen molar-refractivity contribution in [2.45, 2.75) is 13.3 Å². The largest absolute Gasteiger partial charge is 0.465 e. The summed E-state index contributed by atoms with van der Waals surface area (Å²) in [7, 11) is 2.95. The van der Waals surface area contributed by atoms with Gasteiger partial charge < -0.3 is 10.1 Å².